The van der Waals surface area contributed by atoms with Gasteiger partial charge in [-0.05, 0) is 76.6 Å². The molecule has 0 bridgehead atoms. The summed E-state index contributed by atoms with van der Waals surface area (Å²) >= 11 is 0. The monoisotopic (exact) mass is 430 g/mol. The molecule has 170 valence electrons. The minimum atomic E-state index is -0.430. The first-order valence-corrected chi connectivity index (χ1v) is 11.7. The number of rotatable bonds is 6. The molecule has 3 aliphatic rings. The molecule has 2 N–H and O–H groups in total. The van der Waals surface area contributed by atoms with Crippen molar-refractivity contribution in [2.45, 2.75) is 69.6 Å². The molecule has 0 aliphatic carbocycles. The largest absolute Gasteiger partial charge is 0.343 e. The van der Waals surface area contributed by atoms with Gasteiger partial charge in [0, 0.05) is 25.2 Å². The smallest absolute Gasteiger partial charge is 0.245 e. The molecule has 0 saturated carbocycles. The van der Waals surface area contributed by atoms with E-state index in [1.165, 1.54) is 6.07 Å². The molecule has 0 aromatic heterocycles. The van der Waals surface area contributed by atoms with E-state index in [-0.39, 0.29) is 35.8 Å². The number of nitrogens with one attached hydrogen (secondary N) is 2. The van der Waals surface area contributed by atoms with Gasteiger partial charge in [-0.25, -0.2) is 4.39 Å². The Hall–Kier alpha value is -1.99. The van der Waals surface area contributed by atoms with Gasteiger partial charge < -0.3 is 20.4 Å². The molecule has 3 saturated heterocycles. The second kappa shape index (κ2) is 9.65. The van der Waals surface area contributed by atoms with Gasteiger partial charge >= 0.3 is 0 Å². The highest BCUT2D eigenvalue weighted by Crippen LogP contribution is 2.39. The summed E-state index contributed by atoms with van der Waals surface area (Å²) in [6.45, 7) is 4.45. The fourth-order valence-electron chi connectivity index (χ4n) is 5.58. The number of likely N-dealkylation sites (tertiary alicyclic amines) is 1. The van der Waals surface area contributed by atoms with Crippen LogP contribution >= 0.6 is 0 Å². The Morgan fingerprint density at radius 1 is 1.26 bits per heavy atom. The molecule has 1 aromatic carbocycles. The standard InChI is InChI=1S/C24H35FN4O2/c1-16(26-2)23(30)27-21-9-5-7-19-14-18-11-13-28(15-22(18)29(19)24(21)31)12-10-17-6-3-4-8-20(17)25/h3-4,6,8,16,18-19,21-22,26H,5,7,9-15H2,1-2H3,(H,27,30)/t16-,18+,19-,21-,22+/m0/s1. The van der Waals surface area contributed by atoms with Crippen molar-refractivity contribution < 1.29 is 14.0 Å². The summed E-state index contributed by atoms with van der Waals surface area (Å²) < 4.78 is 14.0. The first-order chi connectivity index (χ1) is 15.0. The number of carbonyl (C=O) groups is 2. The number of fused-ring (bicyclic) bond motifs is 3. The first kappa shape index (κ1) is 22.2. The molecule has 0 spiro atoms. The van der Waals surface area contributed by atoms with Gasteiger partial charge in [-0.15, -0.1) is 0 Å². The second-order valence-electron chi connectivity index (χ2n) is 9.40. The van der Waals surface area contributed by atoms with Gasteiger partial charge in [0.05, 0.1) is 6.04 Å². The topological polar surface area (TPSA) is 64.7 Å². The molecule has 3 heterocycles. The van der Waals surface area contributed by atoms with Crippen LogP contribution in [0, 0.1) is 11.7 Å². The number of halogens is 1. The third kappa shape index (κ3) is 4.77. The van der Waals surface area contributed by atoms with Crippen LogP contribution in [0.4, 0.5) is 4.39 Å². The van der Waals surface area contributed by atoms with Crippen molar-refractivity contribution in [2.75, 3.05) is 26.7 Å². The minimum absolute atomic E-state index is 0.0857. The van der Waals surface area contributed by atoms with Crippen molar-refractivity contribution in [1.29, 1.82) is 0 Å². The molecule has 2 amide bonds. The van der Waals surface area contributed by atoms with E-state index in [1.807, 2.05) is 12.1 Å². The van der Waals surface area contributed by atoms with E-state index in [9.17, 15) is 14.0 Å². The van der Waals surface area contributed by atoms with Crippen molar-refractivity contribution in [3.8, 4) is 0 Å². The Morgan fingerprint density at radius 2 is 2.06 bits per heavy atom. The van der Waals surface area contributed by atoms with Gasteiger partial charge in [-0.2, -0.15) is 0 Å². The van der Waals surface area contributed by atoms with Crippen LogP contribution in [0.1, 0.15) is 44.6 Å². The number of benzene rings is 1. The summed E-state index contributed by atoms with van der Waals surface area (Å²) in [7, 11) is 1.75. The minimum Gasteiger partial charge on any atom is -0.343 e. The van der Waals surface area contributed by atoms with Gasteiger partial charge in [-0.3, -0.25) is 9.59 Å². The third-order valence-electron chi connectivity index (χ3n) is 7.51. The van der Waals surface area contributed by atoms with Crippen LogP contribution in [-0.2, 0) is 16.0 Å². The highest BCUT2D eigenvalue weighted by atomic mass is 19.1. The molecule has 0 radical (unpaired) electrons. The Morgan fingerprint density at radius 3 is 2.84 bits per heavy atom. The van der Waals surface area contributed by atoms with Crippen molar-refractivity contribution >= 4 is 11.8 Å². The van der Waals surface area contributed by atoms with Crippen LogP contribution in [0.25, 0.3) is 0 Å². The Labute approximate surface area is 184 Å². The van der Waals surface area contributed by atoms with E-state index in [0.717, 1.165) is 50.9 Å². The number of piperidine rings is 1. The summed E-state index contributed by atoms with van der Waals surface area (Å²) in [5.74, 6) is 0.354. The fraction of sp³-hybridized carbons (Fsp3) is 0.667. The zero-order chi connectivity index (χ0) is 22.0. The molecule has 3 fully saturated rings. The predicted molar refractivity (Wildman–Crippen MR) is 118 cm³/mol. The molecule has 7 heteroatoms. The lowest BCUT2D eigenvalue weighted by Crippen LogP contribution is -2.57. The molecule has 5 atom stereocenters. The van der Waals surface area contributed by atoms with E-state index < -0.39 is 6.04 Å². The van der Waals surface area contributed by atoms with Gasteiger partial charge in [0.25, 0.3) is 0 Å². The van der Waals surface area contributed by atoms with E-state index in [2.05, 4.69) is 20.4 Å². The summed E-state index contributed by atoms with van der Waals surface area (Å²) in [4.78, 5) is 30.4. The van der Waals surface area contributed by atoms with Crippen LogP contribution < -0.4 is 10.6 Å². The second-order valence-corrected chi connectivity index (χ2v) is 9.40. The van der Waals surface area contributed by atoms with E-state index in [1.54, 1.807) is 20.0 Å². The molecular weight excluding hydrogens is 395 g/mol. The van der Waals surface area contributed by atoms with Crippen LogP contribution in [0.15, 0.2) is 24.3 Å². The zero-order valence-corrected chi connectivity index (χ0v) is 18.6. The number of likely N-dealkylation sites (N-methyl/N-ethyl adjacent to an activating group) is 1. The molecule has 0 unspecified atom stereocenters. The highest BCUT2D eigenvalue weighted by Gasteiger charge is 2.48. The fourth-order valence-corrected chi connectivity index (χ4v) is 5.58. The van der Waals surface area contributed by atoms with Gasteiger partial charge in [-0.1, -0.05) is 18.2 Å². The van der Waals surface area contributed by atoms with Crippen LogP contribution in [0.2, 0.25) is 0 Å². The summed E-state index contributed by atoms with van der Waals surface area (Å²) in [6, 6.07) is 6.71. The lowest BCUT2D eigenvalue weighted by Gasteiger charge is -2.40. The maximum absolute atomic E-state index is 14.0. The number of amides is 2. The molecule has 31 heavy (non-hydrogen) atoms. The van der Waals surface area contributed by atoms with Gasteiger partial charge in [0.1, 0.15) is 11.9 Å². The quantitative estimate of drug-likeness (QED) is 0.724. The number of hydrogen-bond donors (Lipinski definition) is 2. The predicted octanol–water partition coefficient (Wildman–Crippen LogP) is 1.94. The molecular formula is C24H35FN4O2. The molecule has 3 aliphatic heterocycles. The van der Waals surface area contributed by atoms with Crippen LogP contribution in [-0.4, -0.2) is 72.5 Å². The molecule has 1 aromatic rings. The van der Waals surface area contributed by atoms with E-state index in [4.69, 9.17) is 0 Å². The third-order valence-corrected chi connectivity index (χ3v) is 7.51. The van der Waals surface area contributed by atoms with Crippen LogP contribution in [0.5, 0.6) is 0 Å². The Kier molecular flexibility index (Phi) is 6.92. The lowest BCUT2D eigenvalue weighted by molar-refractivity contribution is -0.139. The van der Waals surface area contributed by atoms with Crippen LogP contribution in [0.3, 0.4) is 0 Å². The SMILES string of the molecule is CN[C@@H](C)C(=O)N[C@H]1CCC[C@H]2C[C@H]3CCN(CCc4ccccc4F)C[C@H]3N2C1=O. The lowest BCUT2D eigenvalue weighted by atomic mass is 9.90. The Bertz CT molecular complexity index is 804. The van der Waals surface area contributed by atoms with E-state index in [0.29, 0.717) is 18.8 Å². The molecule has 4 rings (SSSR count). The number of nitrogens with zero attached hydrogens (tertiary/aromatic N) is 2. The van der Waals surface area contributed by atoms with E-state index >= 15 is 0 Å². The van der Waals surface area contributed by atoms with Gasteiger partial charge in [0.2, 0.25) is 11.8 Å². The number of carbonyl (C=O) groups excluding carboxylic acids is 2. The maximum atomic E-state index is 14.0. The van der Waals surface area contributed by atoms with Crippen molar-refractivity contribution in [3.63, 3.8) is 0 Å². The number of hydrogen-bond acceptors (Lipinski definition) is 4. The molecule has 6 nitrogen and oxygen atoms in total. The first-order valence-electron chi connectivity index (χ1n) is 11.7. The highest BCUT2D eigenvalue weighted by molar-refractivity contribution is 5.90. The summed E-state index contributed by atoms with van der Waals surface area (Å²) in [6.07, 6.45) is 5.52. The normalized spacial score (nSPS) is 29.8. The average Bonchev–Trinajstić information content (AvgIpc) is 3.06. The van der Waals surface area contributed by atoms with Crippen molar-refractivity contribution in [2.24, 2.45) is 5.92 Å². The Balaban J connectivity index is 1.41. The maximum Gasteiger partial charge on any atom is 0.245 e. The van der Waals surface area contributed by atoms with Gasteiger partial charge in [0.15, 0.2) is 0 Å². The zero-order valence-electron chi connectivity index (χ0n) is 18.6. The van der Waals surface area contributed by atoms with Crippen molar-refractivity contribution in [3.05, 3.63) is 35.6 Å². The van der Waals surface area contributed by atoms with Crippen molar-refractivity contribution in [1.82, 2.24) is 20.4 Å². The summed E-state index contributed by atoms with van der Waals surface area (Å²) in [5, 5.41) is 5.93. The summed E-state index contributed by atoms with van der Waals surface area (Å²) in [5.41, 5.74) is 0.751. The average molecular weight is 431 g/mol.